The second-order valence-electron chi connectivity index (χ2n) is 5.81. The minimum absolute atomic E-state index is 0.0567. The summed E-state index contributed by atoms with van der Waals surface area (Å²) in [5, 5.41) is 0. The predicted molar refractivity (Wildman–Crippen MR) is 69.6 cm³/mol. The van der Waals surface area contributed by atoms with Crippen molar-refractivity contribution in [3.05, 3.63) is 34.9 Å². The highest BCUT2D eigenvalue weighted by Crippen LogP contribution is 2.34. The Bertz CT molecular complexity index is 383. The highest BCUT2D eigenvalue weighted by Gasteiger charge is 2.33. The van der Waals surface area contributed by atoms with Crippen LogP contribution in [0.15, 0.2) is 18.2 Å². The third-order valence-electron chi connectivity index (χ3n) is 4.02. The molecule has 1 aliphatic rings. The summed E-state index contributed by atoms with van der Waals surface area (Å²) in [4.78, 5) is 0. The van der Waals surface area contributed by atoms with Gasteiger partial charge in [-0.3, -0.25) is 0 Å². The summed E-state index contributed by atoms with van der Waals surface area (Å²) in [6, 6.07) is 6.75. The largest absolute Gasteiger partial charge is 0.325 e. The fourth-order valence-corrected chi connectivity index (χ4v) is 2.91. The molecule has 0 aliphatic heterocycles. The van der Waals surface area contributed by atoms with Crippen molar-refractivity contribution >= 4 is 0 Å². The Morgan fingerprint density at radius 1 is 1.31 bits per heavy atom. The summed E-state index contributed by atoms with van der Waals surface area (Å²) in [6.45, 7) is 6.66. The molecule has 1 heteroatoms. The van der Waals surface area contributed by atoms with E-state index in [4.69, 9.17) is 5.73 Å². The van der Waals surface area contributed by atoms with Crippen LogP contribution in [0.3, 0.4) is 0 Å². The van der Waals surface area contributed by atoms with E-state index in [1.165, 1.54) is 36.0 Å². The van der Waals surface area contributed by atoms with Gasteiger partial charge in [0.15, 0.2) is 0 Å². The van der Waals surface area contributed by atoms with Gasteiger partial charge in [0.05, 0.1) is 0 Å². The van der Waals surface area contributed by atoms with Gasteiger partial charge in [-0.25, -0.2) is 0 Å². The Balaban J connectivity index is 2.12. The zero-order chi connectivity index (χ0) is 11.8. The molecule has 88 valence electrons. The van der Waals surface area contributed by atoms with Crippen LogP contribution in [0.25, 0.3) is 0 Å². The van der Waals surface area contributed by atoms with Crippen molar-refractivity contribution in [2.24, 2.45) is 11.7 Å². The second kappa shape index (κ2) is 4.21. The summed E-state index contributed by atoms with van der Waals surface area (Å²) in [7, 11) is 0. The molecule has 1 aromatic rings. The first kappa shape index (κ1) is 11.7. The van der Waals surface area contributed by atoms with Crippen molar-refractivity contribution in [3.63, 3.8) is 0 Å². The molecule has 0 amide bonds. The topological polar surface area (TPSA) is 26.0 Å². The maximum Gasteiger partial charge on any atom is 0.0197 e. The number of hydrogen-bond acceptors (Lipinski definition) is 1. The molecule has 2 N–H and O–H groups in total. The Kier molecular flexibility index (Phi) is 3.07. The molecule has 0 bridgehead atoms. The quantitative estimate of drug-likeness (QED) is 0.807. The zero-order valence-corrected chi connectivity index (χ0v) is 10.7. The number of benzene rings is 1. The molecule has 2 rings (SSSR count). The van der Waals surface area contributed by atoms with Gasteiger partial charge < -0.3 is 5.73 Å². The summed E-state index contributed by atoms with van der Waals surface area (Å²) < 4.78 is 0. The normalized spacial score (nSPS) is 29.6. The van der Waals surface area contributed by atoms with E-state index in [1.807, 2.05) is 0 Å². The summed E-state index contributed by atoms with van der Waals surface area (Å²) in [5.74, 6) is 0.802. The molecular formula is C15H23N. The van der Waals surface area contributed by atoms with Crippen molar-refractivity contribution in [2.75, 3.05) is 0 Å². The van der Waals surface area contributed by atoms with Gasteiger partial charge in [0, 0.05) is 5.54 Å². The van der Waals surface area contributed by atoms with Crippen LogP contribution in [-0.4, -0.2) is 5.54 Å². The van der Waals surface area contributed by atoms with Crippen LogP contribution < -0.4 is 5.73 Å². The molecule has 1 nitrogen and oxygen atoms in total. The van der Waals surface area contributed by atoms with Crippen LogP contribution in [-0.2, 0) is 6.42 Å². The summed E-state index contributed by atoms with van der Waals surface area (Å²) in [5.41, 5.74) is 10.7. The summed E-state index contributed by atoms with van der Waals surface area (Å²) >= 11 is 0. The van der Waals surface area contributed by atoms with Crippen molar-refractivity contribution < 1.29 is 0 Å². The van der Waals surface area contributed by atoms with Gasteiger partial charge in [0.2, 0.25) is 0 Å². The lowest BCUT2D eigenvalue weighted by molar-refractivity contribution is 0.419. The molecular weight excluding hydrogens is 194 g/mol. The van der Waals surface area contributed by atoms with E-state index < -0.39 is 0 Å². The van der Waals surface area contributed by atoms with Crippen LogP contribution in [0.1, 0.15) is 42.9 Å². The summed E-state index contributed by atoms with van der Waals surface area (Å²) in [6.07, 6.45) is 4.70. The first-order chi connectivity index (χ1) is 7.48. The molecule has 0 heterocycles. The Morgan fingerprint density at radius 3 is 2.62 bits per heavy atom. The predicted octanol–water partition coefficient (Wildman–Crippen LogP) is 3.36. The SMILES string of the molecule is Cc1ccc(CC2(N)CCC(C)C2)cc1C. The Labute approximate surface area is 99.0 Å². The number of hydrogen-bond donors (Lipinski definition) is 1. The molecule has 2 atom stereocenters. The van der Waals surface area contributed by atoms with Crippen molar-refractivity contribution in [1.82, 2.24) is 0 Å². The van der Waals surface area contributed by atoms with E-state index in [9.17, 15) is 0 Å². The lowest BCUT2D eigenvalue weighted by Crippen LogP contribution is -2.39. The van der Waals surface area contributed by atoms with E-state index in [1.54, 1.807) is 0 Å². The van der Waals surface area contributed by atoms with Crippen molar-refractivity contribution in [3.8, 4) is 0 Å². The molecule has 0 aromatic heterocycles. The fourth-order valence-electron chi connectivity index (χ4n) is 2.91. The van der Waals surface area contributed by atoms with E-state index in [2.05, 4.69) is 39.0 Å². The third-order valence-corrected chi connectivity index (χ3v) is 4.02. The van der Waals surface area contributed by atoms with Gasteiger partial charge in [-0.2, -0.15) is 0 Å². The maximum absolute atomic E-state index is 6.47. The van der Waals surface area contributed by atoms with Crippen LogP contribution in [0.4, 0.5) is 0 Å². The third kappa shape index (κ3) is 2.46. The smallest absolute Gasteiger partial charge is 0.0197 e. The number of rotatable bonds is 2. The van der Waals surface area contributed by atoms with Gasteiger partial charge >= 0.3 is 0 Å². The highest BCUT2D eigenvalue weighted by molar-refractivity contribution is 5.31. The number of aryl methyl sites for hydroxylation is 2. The zero-order valence-electron chi connectivity index (χ0n) is 10.7. The first-order valence-corrected chi connectivity index (χ1v) is 6.33. The van der Waals surface area contributed by atoms with Gasteiger partial charge in [-0.15, -0.1) is 0 Å². The van der Waals surface area contributed by atoms with Crippen LogP contribution >= 0.6 is 0 Å². The van der Waals surface area contributed by atoms with E-state index in [-0.39, 0.29) is 5.54 Å². The van der Waals surface area contributed by atoms with Crippen LogP contribution in [0.5, 0.6) is 0 Å². The molecule has 0 spiro atoms. The first-order valence-electron chi connectivity index (χ1n) is 6.33. The van der Waals surface area contributed by atoms with E-state index in [0.29, 0.717) is 0 Å². The average Bonchev–Trinajstić information content (AvgIpc) is 2.52. The van der Waals surface area contributed by atoms with Gasteiger partial charge in [-0.1, -0.05) is 25.1 Å². The monoisotopic (exact) mass is 217 g/mol. The van der Waals surface area contributed by atoms with Crippen molar-refractivity contribution in [1.29, 1.82) is 0 Å². The molecule has 1 saturated carbocycles. The minimum atomic E-state index is 0.0567. The molecule has 2 unspecified atom stereocenters. The second-order valence-corrected chi connectivity index (χ2v) is 5.81. The van der Waals surface area contributed by atoms with Crippen LogP contribution in [0.2, 0.25) is 0 Å². The highest BCUT2D eigenvalue weighted by atomic mass is 14.8. The van der Waals surface area contributed by atoms with Crippen molar-refractivity contribution in [2.45, 2.75) is 52.0 Å². The molecule has 16 heavy (non-hydrogen) atoms. The molecule has 0 radical (unpaired) electrons. The Morgan fingerprint density at radius 2 is 2.06 bits per heavy atom. The molecule has 1 aliphatic carbocycles. The van der Waals surface area contributed by atoms with E-state index >= 15 is 0 Å². The standard InChI is InChI=1S/C15H23N/c1-11-6-7-15(16,9-11)10-14-5-4-12(2)13(3)8-14/h4-5,8,11H,6-7,9-10,16H2,1-3H3. The van der Waals surface area contributed by atoms with Gasteiger partial charge in [0.25, 0.3) is 0 Å². The molecule has 1 fully saturated rings. The van der Waals surface area contributed by atoms with Gasteiger partial charge in [-0.05, 0) is 62.1 Å². The number of nitrogens with two attached hydrogens (primary N) is 1. The fraction of sp³-hybridized carbons (Fsp3) is 0.600. The maximum atomic E-state index is 6.47. The molecule has 1 aromatic carbocycles. The Hall–Kier alpha value is -0.820. The van der Waals surface area contributed by atoms with Crippen LogP contribution in [0, 0.1) is 19.8 Å². The lowest BCUT2D eigenvalue weighted by atomic mass is 9.88. The average molecular weight is 217 g/mol. The van der Waals surface area contributed by atoms with E-state index in [0.717, 1.165) is 12.3 Å². The minimum Gasteiger partial charge on any atom is -0.325 e. The molecule has 0 saturated heterocycles. The van der Waals surface area contributed by atoms with Gasteiger partial charge in [0.1, 0.15) is 0 Å². The lowest BCUT2D eigenvalue weighted by Gasteiger charge is -2.24.